The predicted molar refractivity (Wildman–Crippen MR) is 74.9 cm³/mol. The van der Waals surface area contributed by atoms with Gasteiger partial charge in [-0.2, -0.15) is 0 Å². The number of rotatable bonds is 3. The standard InChI is InChI=1S/C13H18N4O3/c1-13(2)12(19)17(6-5-11(18)16-15)9-7-8(14)3-4-10(9)20-13/h3-4,7H,5-6,14-15H2,1-2H3,(H,16,18). The minimum Gasteiger partial charge on any atom is -0.476 e. The lowest BCUT2D eigenvalue weighted by molar-refractivity contribution is -0.132. The maximum absolute atomic E-state index is 12.4. The number of benzene rings is 1. The molecule has 0 fully saturated rings. The molecule has 108 valence electrons. The van der Waals surface area contributed by atoms with Crippen molar-refractivity contribution in [2.24, 2.45) is 5.84 Å². The summed E-state index contributed by atoms with van der Waals surface area (Å²) in [6.07, 6.45) is 0.104. The molecular formula is C13H18N4O3. The Labute approximate surface area is 116 Å². The molecule has 0 radical (unpaired) electrons. The second-order valence-corrected chi connectivity index (χ2v) is 5.11. The minimum atomic E-state index is -0.984. The van der Waals surface area contributed by atoms with Crippen LogP contribution in [0, 0.1) is 0 Å². The van der Waals surface area contributed by atoms with Gasteiger partial charge < -0.3 is 15.4 Å². The minimum absolute atomic E-state index is 0.104. The summed E-state index contributed by atoms with van der Waals surface area (Å²) in [7, 11) is 0. The molecule has 7 heteroatoms. The van der Waals surface area contributed by atoms with E-state index < -0.39 is 5.60 Å². The number of hydrogen-bond acceptors (Lipinski definition) is 5. The third-order valence-electron chi connectivity index (χ3n) is 3.12. The molecule has 0 aliphatic carbocycles. The summed E-state index contributed by atoms with van der Waals surface area (Å²) in [6, 6.07) is 5.08. The van der Waals surface area contributed by atoms with Crippen LogP contribution < -0.4 is 26.6 Å². The van der Waals surface area contributed by atoms with E-state index in [9.17, 15) is 9.59 Å². The Bertz CT molecular complexity index is 557. The molecule has 2 amide bonds. The summed E-state index contributed by atoms with van der Waals surface area (Å²) in [6.45, 7) is 3.58. The number of nitrogens with two attached hydrogens (primary N) is 2. The van der Waals surface area contributed by atoms with E-state index in [4.69, 9.17) is 16.3 Å². The van der Waals surface area contributed by atoms with Gasteiger partial charge >= 0.3 is 0 Å². The highest BCUT2D eigenvalue weighted by Crippen LogP contribution is 2.38. The van der Waals surface area contributed by atoms with Crippen molar-refractivity contribution in [3.63, 3.8) is 0 Å². The zero-order valence-corrected chi connectivity index (χ0v) is 11.5. The quantitative estimate of drug-likeness (QED) is 0.315. The second kappa shape index (κ2) is 5.01. The van der Waals surface area contributed by atoms with Crippen LogP contribution in [0.1, 0.15) is 20.3 Å². The van der Waals surface area contributed by atoms with Gasteiger partial charge in [-0.3, -0.25) is 15.0 Å². The molecule has 0 atom stereocenters. The highest BCUT2D eigenvalue weighted by molar-refractivity contribution is 6.03. The molecular weight excluding hydrogens is 260 g/mol. The Kier molecular flexibility index (Phi) is 3.54. The number of amides is 2. The first kappa shape index (κ1) is 14.1. The largest absolute Gasteiger partial charge is 0.476 e. The van der Waals surface area contributed by atoms with Gasteiger partial charge in [-0.15, -0.1) is 0 Å². The molecule has 1 aliphatic rings. The Morgan fingerprint density at radius 3 is 2.80 bits per heavy atom. The molecule has 0 aromatic heterocycles. The van der Waals surface area contributed by atoms with Crippen molar-refractivity contribution in [2.75, 3.05) is 17.2 Å². The van der Waals surface area contributed by atoms with Gasteiger partial charge in [0.1, 0.15) is 5.75 Å². The van der Waals surface area contributed by atoms with E-state index in [0.29, 0.717) is 17.1 Å². The topological polar surface area (TPSA) is 111 Å². The molecule has 20 heavy (non-hydrogen) atoms. The smallest absolute Gasteiger partial charge is 0.270 e. The Hall–Kier alpha value is -2.28. The molecule has 1 aromatic rings. The van der Waals surface area contributed by atoms with E-state index in [1.54, 1.807) is 32.0 Å². The lowest BCUT2D eigenvalue weighted by Crippen LogP contribution is -2.53. The maximum atomic E-state index is 12.4. The fourth-order valence-corrected chi connectivity index (χ4v) is 2.09. The van der Waals surface area contributed by atoms with Crippen LogP contribution in [0.25, 0.3) is 0 Å². The van der Waals surface area contributed by atoms with Crippen LogP contribution in [0.3, 0.4) is 0 Å². The summed E-state index contributed by atoms with van der Waals surface area (Å²) in [4.78, 5) is 25.2. The number of nitrogens with zero attached hydrogens (tertiary/aromatic N) is 1. The van der Waals surface area contributed by atoms with Crippen molar-refractivity contribution in [2.45, 2.75) is 25.9 Å². The molecule has 5 N–H and O–H groups in total. The molecule has 2 rings (SSSR count). The predicted octanol–water partition coefficient (Wildman–Crippen LogP) is 0.153. The monoisotopic (exact) mass is 278 g/mol. The SMILES string of the molecule is CC1(C)Oc2ccc(N)cc2N(CCC(=O)NN)C1=O. The van der Waals surface area contributed by atoms with E-state index in [0.717, 1.165) is 0 Å². The van der Waals surface area contributed by atoms with Gasteiger partial charge in [-0.25, -0.2) is 5.84 Å². The highest BCUT2D eigenvalue weighted by Gasteiger charge is 2.40. The van der Waals surface area contributed by atoms with Crippen LogP contribution >= 0.6 is 0 Å². The van der Waals surface area contributed by atoms with Gasteiger partial charge in [0.15, 0.2) is 5.60 Å². The summed E-state index contributed by atoms with van der Waals surface area (Å²) in [5, 5.41) is 0. The average Bonchev–Trinajstić information content (AvgIpc) is 2.39. The molecule has 0 spiro atoms. The van der Waals surface area contributed by atoms with Gasteiger partial charge in [-0.05, 0) is 32.0 Å². The number of hydrogen-bond donors (Lipinski definition) is 3. The summed E-state index contributed by atoms with van der Waals surface area (Å²) in [5.41, 5.74) is 7.90. The van der Waals surface area contributed by atoms with Crippen LogP contribution in [0.4, 0.5) is 11.4 Å². The molecule has 1 heterocycles. The number of anilines is 2. The van der Waals surface area contributed by atoms with Crippen molar-refractivity contribution >= 4 is 23.2 Å². The van der Waals surface area contributed by atoms with Crippen molar-refractivity contribution in [1.29, 1.82) is 0 Å². The number of ether oxygens (including phenoxy) is 1. The Morgan fingerprint density at radius 1 is 1.45 bits per heavy atom. The number of nitrogen functional groups attached to an aromatic ring is 1. The van der Waals surface area contributed by atoms with Gasteiger partial charge in [0.25, 0.3) is 5.91 Å². The van der Waals surface area contributed by atoms with Crippen LogP contribution in [-0.4, -0.2) is 24.0 Å². The molecule has 0 unspecified atom stereocenters. The zero-order valence-electron chi connectivity index (χ0n) is 11.5. The average molecular weight is 278 g/mol. The fraction of sp³-hybridized carbons (Fsp3) is 0.385. The third kappa shape index (κ3) is 2.53. The normalized spacial score (nSPS) is 16.4. The first-order valence-corrected chi connectivity index (χ1v) is 6.25. The highest BCUT2D eigenvalue weighted by atomic mass is 16.5. The zero-order chi connectivity index (χ0) is 14.9. The maximum Gasteiger partial charge on any atom is 0.270 e. The van der Waals surface area contributed by atoms with Crippen LogP contribution in [0.15, 0.2) is 18.2 Å². The van der Waals surface area contributed by atoms with Crippen molar-refractivity contribution in [1.82, 2.24) is 5.43 Å². The number of carbonyl (C=O) groups excluding carboxylic acids is 2. The van der Waals surface area contributed by atoms with E-state index in [1.807, 2.05) is 5.43 Å². The molecule has 1 aromatic carbocycles. The number of fused-ring (bicyclic) bond motifs is 1. The summed E-state index contributed by atoms with van der Waals surface area (Å²) in [5.74, 6) is 5.05. The fourth-order valence-electron chi connectivity index (χ4n) is 2.09. The van der Waals surface area contributed by atoms with E-state index in [1.165, 1.54) is 4.90 Å². The van der Waals surface area contributed by atoms with Gasteiger partial charge in [0.05, 0.1) is 5.69 Å². The molecule has 0 saturated carbocycles. The molecule has 0 saturated heterocycles. The van der Waals surface area contributed by atoms with Crippen molar-refractivity contribution in [3.8, 4) is 5.75 Å². The van der Waals surface area contributed by atoms with Gasteiger partial charge in [0, 0.05) is 18.7 Å². The van der Waals surface area contributed by atoms with E-state index in [-0.39, 0.29) is 24.8 Å². The Morgan fingerprint density at radius 2 is 2.15 bits per heavy atom. The van der Waals surface area contributed by atoms with Gasteiger partial charge in [-0.1, -0.05) is 0 Å². The van der Waals surface area contributed by atoms with Crippen LogP contribution in [0.2, 0.25) is 0 Å². The first-order chi connectivity index (χ1) is 9.35. The lowest BCUT2D eigenvalue weighted by Gasteiger charge is -2.38. The molecule has 1 aliphatic heterocycles. The van der Waals surface area contributed by atoms with Crippen molar-refractivity contribution < 1.29 is 14.3 Å². The first-order valence-electron chi connectivity index (χ1n) is 6.25. The van der Waals surface area contributed by atoms with Crippen LogP contribution in [0.5, 0.6) is 5.75 Å². The van der Waals surface area contributed by atoms with E-state index in [2.05, 4.69) is 0 Å². The lowest BCUT2D eigenvalue weighted by atomic mass is 10.0. The third-order valence-corrected chi connectivity index (χ3v) is 3.12. The van der Waals surface area contributed by atoms with Crippen LogP contribution in [-0.2, 0) is 9.59 Å². The molecule has 0 bridgehead atoms. The summed E-state index contributed by atoms with van der Waals surface area (Å²) >= 11 is 0. The number of carbonyl (C=O) groups is 2. The van der Waals surface area contributed by atoms with Gasteiger partial charge in [0.2, 0.25) is 5.91 Å². The van der Waals surface area contributed by atoms with E-state index >= 15 is 0 Å². The number of hydrazine groups is 1. The second-order valence-electron chi connectivity index (χ2n) is 5.11. The Balaban J connectivity index is 2.35. The summed E-state index contributed by atoms with van der Waals surface area (Å²) < 4.78 is 5.68. The van der Waals surface area contributed by atoms with Crippen molar-refractivity contribution in [3.05, 3.63) is 18.2 Å². The molecule has 7 nitrogen and oxygen atoms in total. The number of nitrogens with one attached hydrogen (secondary N) is 1.